The van der Waals surface area contributed by atoms with Crippen molar-refractivity contribution in [3.8, 4) is 29.6 Å². The van der Waals surface area contributed by atoms with Gasteiger partial charge in [0.1, 0.15) is 35.7 Å². The van der Waals surface area contributed by atoms with Crippen LogP contribution in [0.5, 0.6) is 6.01 Å². The Morgan fingerprint density at radius 2 is 1.83 bits per heavy atom. The molecule has 19 heteroatoms. The molecular formula is C56H60F2N10O7. The number of benzene rings is 3. The van der Waals surface area contributed by atoms with E-state index in [1.165, 1.54) is 18.7 Å². The molecule has 0 spiro atoms. The lowest BCUT2D eigenvalue weighted by Gasteiger charge is -2.35. The highest BCUT2D eigenvalue weighted by atomic mass is 19.1. The number of ether oxygens (including phenoxy) is 2. The van der Waals surface area contributed by atoms with Crippen molar-refractivity contribution in [1.29, 1.82) is 0 Å². The van der Waals surface area contributed by atoms with Gasteiger partial charge >= 0.3 is 6.01 Å². The zero-order valence-electron chi connectivity index (χ0n) is 42.1. The van der Waals surface area contributed by atoms with Gasteiger partial charge in [0.2, 0.25) is 12.3 Å². The summed E-state index contributed by atoms with van der Waals surface area (Å²) in [5, 5.41) is 11.0. The number of hydrogen-bond donors (Lipinski definition) is 3. The molecule has 11 rings (SSSR count). The molecule has 2 bridgehead atoms. The lowest BCUT2D eigenvalue weighted by molar-refractivity contribution is -0.121. The van der Waals surface area contributed by atoms with E-state index in [0.717, 1.165) is 76.0 Å². The van der Waals surface area contributed by atoms with Gasteiger partial charge in [-0.25, -0.2) is 8.78 Å². The van der Waals surface area contributed by atoms with Crippen LogP contribution in [0.25, 0.3) is 32.9 Å². The van der Waals surface area contributed by atoms with Gasteiger partial charge < -0.3 is 40.0 Å². The Morgan fingerprint density at radius 1 is 1.03 bits per heavy atom. The standard InChI is InChI=1S/C36H36F2N6O2.C20H24N4O5/c1-4-26-29(37)11-8-22-6-5-7-27(30(22)26)32-31(38)33-28(15-39-32)34(43-17-23-9-10-24(18-43)40-23)42-35(41-33)46-20-36-13-12-25(19-45-3)44(36)16-21(2)14-36;1-21-18(27)5-3-15(11-25)24-19(28)16-4-2-14(8-17(16)20(24)29)22-9-13-6-7-23(10-13)12-26/h1,5-8,11,15,23-25,40H,2,9-10,12-14,16-20H2,3H3;2,4,8,11-13,15,22H,3,5-7,9-10H2,1H3,(H,21,27). The number of halogens is 2. The van der Waals surface area contributed by atoms with Crippen molar-refractivity contribution in [3.05, 3.63) is 95.2 Å². The van der Waals surface area contributed by atoms with Crippen LogP contribution in [-0.4, -0.2) is 156 Å². The smallest absolute Gasteiger partial charge is 0.319 e. The highest BCUT2D eigenvalue weighted by molar-refractivity contribution is 6.22. The van der Waals surface area contributed by atoms with Crippen LogP contribution < -0.4 is 25.6 Å². The van der Waals surface area contributed by atoms with Crippen molar-refractivity contribution in [2.45, 2.75) is 81.1 Å². The van der Waals surface area contributed by atoms with Gasteiger partial charge in [-0.2, -0.15) is 9.97 Å². The van der Waals surface area contributed by atoms with E-state index in [2.05, 4.69) is 48.2 Å². The number of rotatable bonds is 16. The number of likely N-dealkylation sites (tertiary alicyclic amines) is 1. The van der Waals surface area contributed by atoms with Crippen LogP contribution in [0.3, 0.4) is 0 Å². The number of methoxy groups -OCH3 is 1. The summed E-state index contributed by atoms with van der Waals surface area (Å²) >= 11 is 0. The highest BCUT2D eigenvalue weighted by Crippen LogP contribution is 2.45. The van der Waals surface area contributed by atoms with Crippen molar-refractivity contribution >= 4 is 63.6 Å². The number of imide groups is 1. The summed E-state index contributed by atoms with van der Waals surface area (Å²) in [5.41, 5.74) is 2.77. The Balaban J connectivity index is 0.000000191. The van der Waals surface area contributed by atoms with E-state index in [1.807, 2.05) is 6.07 Å². The first-order valence-corrected chi connectivity index (χ1v) is 25.6. The first-order valence-electron chi connectivity index (χ1n) is 25.6. The van der Waals surface area contributed by atoms with E-state index in [4.69, 9.17) is 20.9 Å². The van der Waals surface area contributed by atoms with Crippen LogP contribution in [0.4, 0.5) is 20.3 Å². The minimum absolute atomic E-state index is 0.0410. The number of piperazine rings is 1. The van der Waals surface area contributed by atoms with E-state index >= 15 is 4.39 Å². The maximum Gasteiger partial charge on any atom is 0.319 e. The van der Waals surface area contributed by atoms with Crippen LogP contribution in [0, 0.1) is 29.9 Å². The van der Waals surface area contributed by atoms with Gasteiger partial charge in [0.25, 0.3) is 11.8 Å². The lowest BCUT2D eigenvalue weighted by Crippen LogP contribution is -2.51. The average molecular weight is 1020 g/mol. The third-order valence-electron chi connectivity index (χ3n) is 15.8. The van der Waals surface area contributed by atoms with Gasteiger partial charge in [-0.15, -0.1) is 6.42 Å². The topological polar surface area (TPSA) is 192 Å². The van der Waals surface area contributed by atoms with E-state index in [-0.39, 0.29) is 58.2 Å². The molecule has 8 heterocycles. The number of carbonyl (C=O) groups is 5. The van der Waals surface area contributed by atoms with Crippen molar-refractivity contribution in [1.82, 2.24) is 40.3 Å². The number of anilines is 2. The van der Waals surface area contributed by atoms with Gasteiger partial charge in [0.05, 0.1) is 40.3 Å². The number of amides is 4. The van der Waals surface area contributed by atoms with Gasteiger partial charge in [-0.05, 0) is 80.5 Å². The number of pyridine rings is 1. The molecule has 17 nitrogen and oxygen atoms in total. The predicted molar refractivity (Wildman–Crippen MR) is 278 cm³/mol. The molecule has 2 aromatic heterocycles. The number of terminal acetylenes is 1. The van der Waals surface area contributed by atoms with Crippen LogP contribution in [0.1, 0.15) is 77.6 Å². The Kier molecular flexibility index (Phi) is 14.6. The van der Waals surface area contributed by atoms with E-state index in [0.29, 0.717) is 89.9 Å². The molecule has 0 saturated carbocycles. The second-order valence-corrected chi connectivity index (χ2v) is 20.5. The number of hydrogen-bond acceptors (Lipinski definition) is 14. The predicted octanol–water partition coefficient (Wildman–Crippen LogP) is 5.50. The van der Waals surface area contributed by atoms with Crippen LogP contribution >= 0.6 is 0 Å². The van der Waals surface area contributed by atoms with E-state index in [1.54, 1.807) is 54.6 Å². The first kappa shape index (κ1) is 51.1. The average Bonchev–Trinajstić information content (AvgIpc) is 4.26. The molecule has 6 aliphatic heterocycles. The van der Waals surface area contributed by atoms with Crippen molar-refractivity contribution < 1.29 is 42.2 Å². The third-order valence-corrected chi connectivity index (χ3v) is 15.8. The summed E-state index contributed by atoms with van der Waals surface area (Å²) in [5.74, 6) is 0.901. The molecule has 390 valence electrons. The van der Waals surface area contributed by atoms with Crippen LogP contribution in [0.2, 0.25) is 0 Å². The maximum atomic E-state index is 16.8. The van der Waals surface area contributed by atoms with Crippen molar-refractivity contribution in [3.63, 3.8) is 0 Å². The number of nitrogens with zero attached hydrogens (tertiary/aromatic N) is 7. The van der Waals surface area contributed by atoms with Gasteiger partial charge in [-0.3, -0.25) is 34.0 Å². The Labute approximate surface area is 433 Å². The second-order valence-electron chi connectivity index (χ2n) is 20.5. The Bertz CT molecular complexity index is 3140. The number of fused-ring (bicyclic) bond motifs is 6. The SMILES string of the molecule is C#Cc1c(F)ccc2cccc(-c3ncc4c(N5CC6CCC(C5)N6)nc(OCC56CCC(COC)N5CC(=C)C6)nc4c3F)c12.CNC(=O)CCC(C=O)N1C(=O)c2ccc(NCC3CCN(C=O)C3)cc2C1=O. The minimum atomic E-state index is -0.982. The third kappa shape index (κ3) is 9.89. The molecule has 3 aromatic carbocycles. The highest BCUT2D eigenvalue weighted by Gasteiger charge is 2.51. The van der Waals surface area contributed by atoms with Crippen molar-refractivity contribution in [2.24, 2.45) is 5.92 Å². The molecule has 5 saturated heterocycles. The fourth-order valence-electron chi connectivity index (χ4n) is 12.0. The lowest BCUT2D eigenvalue weighted by atomic mass is 9.94. The second kappa shape index (κ2) is 21.4. The zero-order valence-corrected chi connectivity index (χ0v) is 42.1. The summed E-state index contributed by atoms with van der Waals surface area (Å²) in [6.45, 7) is 9.67. The fourth-order valence-corrected chi connectivity index (χ4v) is 12.0. The molecule has 5 aromatic rings. The normalized spacial score (nSPS) is 23.2. The number of aromatic nitrogens is 3. The molecule has 6 unspecified atom stereocenters. The molecule has 6 atom stereocenters. The molecule has 0 aliphatic carbocycles. The Hall–Kier alpha value is -7.40. The molecule has 0 radical (unpaired) electrons. The summed E-state index contributed by atoms with van der Waals surface area (Å²) in [6.07, 6.45) is 14.7. The van der Waals surface area contributed by atoms with Gasteiger partial charge in [-0.1, -0.05) is 42.3 Å². The minimum Gasteiger partial charge on any atom is -0.461 e. The molecule has 3 N–H and O–H groups in total. The molecule has 6 aliphatic rings. The van der Waals surface area contributed by atoms with Gasteiger partial charge in [0, 0.05) is 101 Å². The maximum absolute atomic E-state index is 16.8. The van der Waals surface area contributed by atoms with Crippen molar-refractivity contribution in [2.75, 3.05) is 76.9 Å². The molecule has 75 heavy (non-hydrogen) atoms. The number of nitrogens with one attached hydrogen (secondary N) is 3. The largest absolute Gasteiger partial charge is 0.461 e. The van der Waals surface area contributed by atoms with E-state index < -0.39 is 29.5 Å². The number of carbonyl (C=O) groups excluding carboxylic acids is 5. The molecule has 5 fully saturated rings. The molecular weight excluding hydrogens is 963 g/mol. The number of aldehydes is 1. The zero-order chi connectivity index (χ0) is 52.5. The fraction of sp³-hybridized carbons (Fsp3) is 0.429. The van der Waals surface area contributed by atoms with E-state index in [9.17, 15) is 28.4 Å². The summed E-state index contributed by atoms with van der Waals surface area (Å²) in [4.78, 5) is 80.7. The van der Waals surface area contributed by atoms with Crippen LogP contribution in [0.15, 0.2) is 66.9 Å². The summed E-state index contributed by atoms with van der Waals surface area (Å²) in [7, 11) is 3.21. The monoisotopic (exact) mass is 1020 g/mol. The van der Waals surface area contributed by atoms with Gasteiger partial charge in [0.15, 0.2) is 5.82 Å². The first-order chi connectivity index (χ1) is 36.3. The summed E-state index contributed by atoms with van der Waals surface area (Å²) < 4.78 is 43.6. The van der Waals surface area contributed by atoms with Crippen LogP contribution in [-0.2, 0) is 19.1 Å². The summed E-state index contributed by atoms with van der Waals surface area (Å²) in [6, 6.07) is 13.3. The Morgan fingerprint density at radius 3 is 2.56 bits per heavy atom. The molecule has 4 amide bonds. The quantitative estimate of drug-likeness (QED) is 0.0486.